The number of nitrogens with one attached hydrogen (secondary N) is 2. The molecule has 0 unspecified atom stereocenters. The largest absolute Gasteiger partial charge is 0.444 e. The lowest BCUT2D eigenvalue weighted by molar-refractivity contribution is -0.125. The first-order chi connectivity index (χ1) is 9.25. The first-order valence-corrected chi connectivity index (χ1v) is 7.27. The van der Waals surface area contributed by atoms with E-state index >= 15 is 0 Å². The molecular formula is C14H27N3O3. The van der Waals surface area contributed by atoms with Crippen LogP contribution in [0.4, 0.5) is 4.79 Å². The van der Waals surface area contributed by atoms with Crippen molar-refractivity contribution >= 4 is 12.0 Å². The molecule has 2 amide bonds. The van der Waals surface area contributed by atoms with Crippen LogP contribution in [0.1, 0.15) is 52.9 Å². The number of hydrogen-bond acceptors (Lipinski definition) is 4. The molecule has 0 bridgehead atoms. The summed E-state index contributed by atoms with van der Waals surface area (Å²) in [6.07, 6.45) is 4.26. The minimum atomic E-state index is -0.603. The molecule has 0 aliphatic heterocycles. The highest BCUT2D eigenvalue weighted by molar-refractivity contribution is 5.84. The summed E-state index contributed by atoms with van der Waals surface area (Å²) in [5.41, 5.74) is 4.41. The second kappa shape index (κ2) is 6.92. The summed E-state index contributed by atoms with van der Waals surface area (Å²) < 4.78 is 5.13. The van der Waals surface area contributed by atoms with Crippen LogP contribution in [-0.2, 0) is 9.53 Å². The van der Waals surface area contributed by atoms with Crippen molar-refractivity contribution in [2.45, 2.75) is 64.0 Å². The lowest BCUT2D eigenvalue weighted by atomic mass is 9.81. The van der Waals surface area contributed by atoms with Gasteiger partial charge in [-0.05, 0) is 33.6 Å². The molecule has 116 valence electrons. The van der Waals surface area contributed by atoms with Crippen molar-refractivity contribution in [1.29, 1.82) is 0 Å². The van der Waals surface area contributed by atoms with Crippen molar-refractivity contribution in [2.75, 3.05) is 13.1 Å². The second-order valence-electron chi connectivity index (χ2n) is 6.36. The molecule has 0 aromatic carbocycles. The number of carbonyl (C=O) groups is 2. The molecule has 1 rings (SSSR count). The topological polar surface area (TPSA) is 93.4 Å². The third-order valence-corrected chi connectivity index (χ3v) is 3.44. The minimum absolute atomic E-state index is 0.297. The van der Waals surface area contributed by atoms with Crippen LogP contribution in [0.2, 0.25) is 0 Å². The van der Waals surface area contributed by atoms with Gasteiger partial charge in [0.05, 0.1) is 5.54 Å². The van der Waals surface area contributed by atoms with E-state index in [0.29, 0.717) is 13.1 Å². The van der Waals surface area contributed by atoms with Gasteiger partial charge >= 0.3 is 6.09 Å². The molecule has 0 aromatic rings. The molecule has 6 nitrogen and oxygen atoms in total. The number of nitrogens with two attached hydrogens (primary N) is 1. The van der Waals surface area contributed by atoms with Gasteiger partial charge in [0.1, 0.15) is 5.60 Å². The molecule has 6 heteroatoms. The smallest absolute Gasteiger partial charge is 0.407 e. The molecule has 1 aliphatic carbocycles. The maximum absolute atomic E-state index is 11.6. The van der Waals surface area contributed by atoms with Gasteiger partial charge in [0.15, 0.2) is 0 Å². The summed E-state index contributed by atoms with van der Waals surface area (Å²) in [5.74, 6) is -0.297. The van der Waals surface area contributed by atoms with Gasteiger partial charge < -0.3 is 21.1 Å². The maximum atomic E-state index is 11.6. The van der Waals surface area contributed by atoms with E-state index in [1.165, 1.54) is 0 Å². The van der Waals surface area contributed by atoms with Crippen LogP contribution < -0.4 is 16.4 Å². The number of ether oxygens (including phenoxy) is 1. The first kappa shape index (κ1) is 16.8. The minimum Gasteiger partial charge on any atom is -0.444 e. The van der Waals surface area contributed by atoms with Crippen LogP contribution >= 0.6 is 0 Å². The molecule has 0 atom stereocenters. The van der Waals surface area contributed by atoms with Crippen molar-refractivity contribution in [2.24, 2.45) is 5.73 Å². The van der Waals surface area contributed by atoms with Crippen LogP contribution in [0, 0.1) is 0 Å². The highest BCUT2D eigenvalue weighted by Gasteiger charge is 2.36. The van der Waals surface area contributed by atoms with Crippen molar-refractivity contribution in [3.63, 3.8) is 0 Å². The average molecular weight is 285 g/mol. The molecule has 1 aliphatic rings. The summed E-state index contributed by atoms with van der Waals surface area (Å²) in [6.45, 7) is 6.35. The fourth-order valence-electron chi connectivity index (χ4n) is 2.45. The predicted octanol–water partition coefficient (Wildman–Crippen LogP) is 1.29. The lowest BCUT2D eigenvalue weighted by Crippen LogP contribution is -2.57. The number of primary amides is 1. The molecule has 0 aromatic heterocycles. The van der Waals surface area contributed by atoms with Crippen LogP contribution in [0.25, 0.3) is 0 Å². The normalized spacial score (nSPS) is 18.4. The Hall–Kier alpha value is -1.30. The third kappa shape index (κ3) is 5.36. The van der Waals surface area contributed by atoms with Gasteiger partial charge in [0.25, 0.3) is 0 Å². The summed E-state index contributed by atoms with van der Waals surface area (Å²) in [7, 11) is 0. The fourth-order valence-corrected chi connectivity index (χ4v) is 2.45. The maximum Gasteiger partial charge on any atom is 0.407 e. The first-order valence-electron chi connectivity index (χ1n) is 7.27. The number of rotatable bonds is 5. The van der Waals surface area contributed by atoms with Gasteiger partial charge in [-0.25, -0.2) is 4.79 Å². The summed E-state index contributed by atoms with van der Waals surface area (Å²) in [4.78, 5) is 23.1. The Morgan fingerprint density at radius 2 is 1.75 bits per heavy atom. The highest BCUT2D eigenvalue weighted by Crippen LogP contribution is 2.27. The van der Waals surface area contributed by atoms with E-state index in [1.807, 2.05) is 20.8 Å². The van der Waals surface area contributed by atoms with Gasteiger partial charge in [-0.3, -0.25) is 4.79 Å². The Morgan fingerprint density at radius 1 is 1.15 bits per heavy atom. The predicted molar refractivity (Wildman–Crippen MR) is 77.2 cm³/mol. The van der Waals surface area contributed by atoms with Crippen LogP contribution in [0.5, 0.6) is 0 Å². The highest BCUT2D eigenvalue weighted by atomic mass is 16.6. The average Bonchev–Trinajstić information content (AvgIpc) is 2.33. The fraction of sp³-hybridized carbons (Fsp3) is 0.857. The monoisotopic (exact) mass is 285 g/mol. The van der Waals surface area contributed by atoms with E-state index in [-0.39, 0.29) is 5.91 Å². The van der Waals surface area contributed by atoms with Crippen molar-refractivity contribution < 1.29 is 14.3 Å². The van der Waals surface area contributed by atoms with Crippen molar-refractivity contribution in [3.05, 3.63) is 0 Å². The molecule has 4 N–H and O–H groups in total. The second-order valence-corrected chi connectivity index (χ2v) is 6.36. The number of carbonyl (C=O) groups excluding carboxylic acids is 2. The van der Waals surface area contributed by atoms with E-state index in [1.54, 1.807) is 0 Å². The van der Waals surface area contributed by atoms with E-state index in [0.717, 1.165) is 32.1 Å². The molecule has 20 heavy (non-hydrogen) atoms. The van der Waals surface area contributed by atoms with E-state index in [4.69, 9.17) is 10.5 Å². The Morgan fingerprint density at radius 3 is 2.25 bits per heavy atom. The molecule has 1 saturated carbocycles. The number of amides is 2. The Labute approximate surface area is 120 Å². The molecule has 0 heterocycles. The van der Waals surface area contributed by atoms with E-state index < -0.39 is 17.2 Å². The molecule has 0 radical (unpaired) electrons. The molecule has 0 spiro atoms. The van der Waals surface area contributed by atoms with Gasteiger partial charge in [0.2, 0.25) is 5.91 Å². The SMILES string of the molecule is CC(C)(C)OC(=O)NCCNC1(C(N)=O)CCCCC1. The summed E-state index contributed by atoms with van der Waals surface area (Å²) >= 11 is 0. The van der Waals surface area contributed by atoms with Gasteiger partial charge in [-0.2, -0.15) is 0 Å². The van der Waals surface area contributed by atoms with Crippen LogP contribution in [-0.4, -0.2) is 36.2 Å². The van der Waals surface area contributed by atoms with Crippen molar-refractivity contribution in [1.82, 2.24) is 10.6 Å². The van der Waals surface area contributed by atoms with Crippen LogP contribution in [0.3, 0.4) is 0 Å². The van der Waals surface area contributed by atoms with E-state index in [9.17, 15) is 9.59 Å². The molecular weight excluding hydrogens is 258 g/mol. The Balaban J connectivity index is 2.31. The number of alkyl carbamates (subject to hydrolysis) is 1. The summed E-state index contributed by atoms with van der Waals surface area (Å²) in [6, 6.07) is 0. The van der Waals surface area contributed by atoms with E-state index in [2.05, 4.69) is 10.6 Å². The Bertz CT molecular complexity index is 344. The van der Waals surface area contributed by atoms with Gasteiger partial charge in [-0.1, -0.05) is 19.3 Å². The van der Waals surface area contributed by atoms with Gasteiger partial charge in [-0.15, -0.1) is 0 Å². The zero-order valence-electron chi connectivity index (χ0n) is 12.8. The Kier molecular flexibility index (Phi) is 5.80. The molecule has 1 fully saturated rings. The molecule has 0 saturated heterocycles. The quantitative estimate of drug-likeness (QED) is 0.663. The van der Waals surface area contributed by atoms with Gasteiger partial charge in [0, 0.05) is 13.1 Å². The lowest BCUT2D eigenvalue weighted by Gasteiger charge is -2.35. The standard InChI is InChI=1S/C14H27N3O3/c1-13(2,3)20-12(19)16-9-10-17-14(11(15)18)7-5-4-6-8-14/h17H,4-10H2,1-3H3,(H2,15,18)(H,16,19). The van der Waals surface area contributed by atoms with Crippen LogP contribution in [0.15, 0.2) is 0 Å². The zero-order valence-corrected chi connectivity index (χ0v) is 12.8. The third-order valence-electron chi connectivity index (χ3n) is 3.44. The number of hydrogen-bond donors (Lipinski definition) is 3. The van der Waals surface area contributed by atoms with Crippen molar-refractivity contribution in [3.8, 4) is 0 Å². The zero-order chi connectivity index (χ0) is 15.2. The summed E-state index contributed by atoms with van der Waals surface area (Å²) in [5, 5.41) is 5.87.